The Labute approximate surface area is 102 Å². The Morgan fingerprint density at radius 1 is 1.47 bits per heavy atom. The van der Waals surface area contributed by atoms with Crippen LogP contribution in [0.5, 0.6) is 0 Å². The molecule has 2 nitrogen and oxygen atoms in total. The predicted octanol–water partition coefficient (Wildman–Crippen LogP) is 2.73. The molecule has 3 heteroatoms. The molecule has 1 aromatic carbocycles. The van der Waals surface area contributed by atoms with Gasteiger partial charge in [0.05, 0.1) is 6.61 Å². The summed E-state index contributed by atoms with van der Waals surface area (Å²) < 4.78 is 19.1. The summed E-state index contributed by atoms with van der Waals surface area (Å²) in [5.74, 6) is 0.0780. The molecule has 1 aliphatic heterocycles. The lowest BCUT2D eigenvalue weighted by molar-refractivity contribution is 0.0243. The van der Waals surface area contributed by atoms with Gasteiger partial charge >= 0.3 is 0 Å². The second-order valence-electron chi connectivity index (χ2n) is 5.16. The quantitative estimate of drug-likeness (QED) is 0.858. The average molecular weight is 237 g/mol. The van der Waals surface area contributed by atoms with E-state index in [0.29, 0.717) is 12.2 Å². The third kappa shape index (κ3) is 2.50. The van der Waals surface area contributed by atoms with E-state index in [1.165, 1.54) is 0 Å². The maximum absolute atomic E-state index is 13.6. The maximum Gasteiger partial charge on any atom is 0.126 e. The van der Waals surface area contributed by atoms with E-state index in [1.54, 1.807) is 19.1 Å². The van der Waals surface area contributed by atoms with Crippen molar-refractivity contribution in [2.75, 3.05) is 13.2 Å². The van der Waals surface area contributed by atoms with Gasteiger partial charge in [0.25, 0.3) is 0 Å². The highest BCUT2D eigenvalue weighted by Gasteiger charge is 2.33. The number of ether oxygens (including phenoxy) is 1. The van der Waals surface area contributed by atoms with Gasteiger partial charge in [-0.15, -0.1) is 0 Å². The fourth-order valence-corrected chi connectivity index (χ4v) is 2.38. The van der Waals surface area contributed by atoms with Crippen LogP contribution in [0.3, 0.4) is 0 Å². The summed E-state index contributed by atoms with van der Waals surface area (Å²) in [5.41, 5.74) is 7.38. The van der Waals surface area contributed by atoms with Crippen molar-refractivity contribution in [3.63, 3.8) is 0 Å². The van der Waals surface area contributed by atoms with Crippen LogP contribution in [-0.2, 0) is 10.3 Å². The first kappa shape index (κ1) is 12.5. The first-order chi connectivity index (χ1) is 8.01. The molecule has 1 heterocycles. The summed E-state index contributed by atoms with van der Waals surface area (Å²) in [4.78, 5) is 0. The predicted molar refractivity (Wildman–Crippen MR) is 66.2 cm³/mol. The molecule has 1 fully saturated rings. The fraction of sp³-hybridized carbons (Fsp3) is 0.571. The van der Waals surface area contributed by atoms with Gasteiger partial charge in [-0.25, -0.2) is 4.39 Å². The Bertz CT molecular complexity index is 397. The number of hydrogen-bond donors (Lipinski definition) is 1. The molecule has 0 amide bonds. The zero-order chi connectivity index (χ0) is 12.5. The highest BCUT2D eigenvalue weighted by atomic mass is 19.1. The van der Waals surface area contributed by atoms with Crippen LogP contribution >= 0.6 is 0 Å². The van der Waals surface area contributed by atoms with Gasteiger partial charge in [0.1, 0.15) is 5.82 Å². The zero-order valence-electron chi connectivity index (χ0n) is 10.5. The average Bonchev–Trinajstić information content (AvgIpc) is 2.33. The molecule has 2 unspecified atom stereocenters. The molecule has 0 spiro atoms. The molecule has 17 heavy (non-hydrogen) atoms. The molecule has 2 rings (SSSR count). The van der Waals surface area contributed by atoms with Crippen LogP contribution in [0.1, 0.15) is 30.9 Å². The van der Waals surface area contributed by atoms with E-state index in [0.717, 1.165) is 25.0 Å². The lowest BCUT2D eigenvalue weighted by Gasteiger charge is -2.37. The van der Waals surface area contributed by atoms with Crippen molar-refractivity contribution in [1.29, 1.82) is 0 Å². The van der Waals surface area contributed by atoms with Gasteiger partial charge in [-0.05, 0) is 43.9 Å². The lowest BCUT2D eigenvalue weighted by atomic mass is 9.77. The highest BCUT2D eigenvalue weighted by molar-refractivity contribution is 5.29. The van der Waals surface area contributed by atoms with E-state index >= 15 is 0 Å². The molecular formula is C14H20FNO. The van der Waals surface area contributed by atoms with Gasteiger partial charge in [-0.3, -0.25) is 0 Å². The second kappa shape index (κ2) is 4.75. The fourth-order valence-electron chi connectivity index (χ4n) is 2.38. The SMILES string of the molecule is Cc1ccc(C(C)(N)C2CCCOC2)cc1F. The van der Waals surface area contributed by atoms with E-state index in [4.69, 9.17) is 10.5 Å². The minimum absolute atomic E-state index is 0.184. The van der Waals surface area contributed by atoms with Gasteiger partial charge in [-0.2, -0.15) is 0 Å². The van der Waals surface area contributed by atoms with Crippen LogP contribution in [-0.4, -0.2) is 13.2 Å². The number of halogens is 1. The Balaban J connectivity index is 2.26. The van der Waals surface area contributed by atoms with Crippen LogP contribution in [0.4, 0.5) is 4.39 Å². The van der Waals surface area contributed by atoms with Gasteiger partial charge in [0.2, 0.25) is 0 Å². The molecule has 0 radical (unpaired) electrons. The molecule has 1 aliphatic rings. The Morgan fingerprint density at radius 3 is 2.82 bits per heavy atom. The Kier molecular flexibility index (Phi) is 3.50. The number of benzene rings is 1. The van der Waals surface area contributed by atoms with Crippen molar-refractivity contribution in [3.05, 3.63) is 35.1 Å². The number of nitrogens with two attached hydrogens (primary N) is 1. The standard InChI is InChI=1S/C14H20FNO/c1-10-5-6-11(8-13(10)15)14(2,16)12-4-3-7-17-9-12/h5-6,8,12H,3-4,7,9,16H2,1-2H3. The Morgan fingerprint density at radius 2 is 2.24 bits per heavy atom. The van der Waals surface area contributed by atoms with Crippen LogP contribution in [0.25, 0.3) is 0 Å². The molecule has 0 saturated carbocycles. The van der Waals surface area contributed by atoms with E-state index in [1.807, 2.05) is 13.0 Å². The zero-order valence-corrected chi connectivity index (χ0v) is 10.5. The molecule has 2 atom stereocenters. The van der Waals surface area contributed by atoms with Gasteiger partial charge < -0.3 is 10.5 Å². The summed E-state index contributed by atoms with van der Waals surface area (Å²) in [7, 11) is 0. The lowest BCUT2D eigenvalue weighted by Crippen LogP contribution is -2.45. The molecule has 94 valence electrons. The van der Waals surface area contributed by atoms with E-state index in [2.05, 4.69) is 0 Å². The van der Waals surface area contributed by atoms with Crippen molar-refractivity contribution in [2.45, 2.75) is 32.2 Å². The summed E-state index contributed by atoms with van der Waals surface area (Å²) in [6, 6.07) is 5.27. The molecule has 0 aliphatic carbocycles. The normalized spacial score (nSPS) is 24.4. The second-order valence-corrected chi connectivity index (χ2v) is 5.16. The summed E-state index contributed by atoms with van der Waals surface area (Å²) in [6.07, 6.45) is 2.08. The van der Waals surface area contributed by atoms with Crippen LogP contribution in [0, 0.1) is 18.7 Å². The van der Waals surface area contributed by atoms with E-state index < -0.39 is 5.54 Å². The van der Waals surface area contributed by atoms with Crippen LogP contribution in [0.2, 0.25) is 0 Å². The first-order valence-corrected chi connectivity index (χ1v) is 6.15. The molecule has 1 saturated heterocycles. The summed E-state index contributed by atoms with van der Waals surface area (Å²) in [6.45, 7) is 5.21. The molecule has 0 aromatic heterocycles. The van der Waals surface area contributed by atoms with Gasteiger partial charge in [0, 0.05) is 18.1 Å². The van der Waals surface area contributed by atoms with Crippen molar-refractivity contribution in [3.8, 4) is 0 Å². The van der Waals surface area contributed by atoms with Crippen LogP contribution in [0.15, 0.2) is 18.2 Å². The topological polar surface area (TPSA) is 35.2 Å². The highest BCUT2D eigenvalue weighted by Crippen LogP contribution is 2.33. The molecule has 1 aromatic rings. The van der Waals surface area contributed by atoms with Crippen LogP contribution < -0.4 is 5.73 Å². The van der Waals surface area contributed by atoms with Crippen molar-refractivity contribution in [2.24, 2.45) is 11.7 Å². The minimum atomic E-state index is -0.519. The van der Waals surface area contributed by atoms with Gasteiger partial charge in [0.15, 0.2) is 0 Å². The van der Waals surface area contributed by atoms with E-state index in [-0.39, 0.29) is 11.7 Å². The number of rotatable bonds is 2. The maximum atomic E-state index is 13.6. The number of hydrogen-bond acceptors (Lipinski definition) is 2. The Hall–Kier alpha value is -0.930. The van der Waals surface area contributed by atoms with Crippen molar-refractivity contribution >= 4 is 0 Å². The van der Waals surface area contributed by atoms with Crippen molar-refractivity contribution < 1.29 is 9.13 Å². The summed E-state index contributed by atoms with van der Waals surface area (Å²) >= 11 is 0. The number of aryl methyl sites for hydroxylation is 1. The third-order valence-electron chi connectivity index (χ3n) is 3.80. The van der Waals surface area contributed by atoms with Crippen molar-refractivity contribution in [1.82, 2.24) is 0 Å². The smallest absolute Gasteiger partial charge is 0.126 e. The first-order valence-electron chi connectivity index (χ1n) is 6.15. The summed E-state index contributed by atoms with van der Waals surface area (Å²) in [5, 5.41) is 0. The van der Waals surface area contributed by atoms with Gasteiger partial charge in [-0.1, -0.05) is 12.1 Å². The molecule has 2 N–H and O–H groups in total. The largest absolute Gasteiger partial charge is 0.381 e. The third-order valence-corrected chi connectivity index (χ3v) is 3.80. The van der Waals surface area contributed by atoms with E-state index in [9.17, 15) is 4.39 Å². The minimum Gasteiger partial charge on any atom is -0.381 e. The molecule has 0 bridgehead atoms. The monoisotopic (exact) mass is 237 g/mol. The molecular weight excluding hydrogens is 217 g/mol.